The van der Waals surface area contributed by atoms with E-state index in [1.807, 2.05) is 34.9 Å². The Bertz CT molecular complexity index is 999. The molecule has 0 aliphatic carbocycles. The average Bonchev–Trinajstić information content (AvgIpc) is 3.10. The molecule has 142 valence electrons. The number of benzene rings is 2. The lowest BCUT2D eigenvalue weighted by atomic mass is 10.1. The predicted octanol–water partition coefficient (Wildman–Crippen LogP) is 4.06. The Hall–Kier alpha value is -3.19. The van der Waals surface area contributed by atoms with Crippen LogP contribution in [0.25, 0.3) is 11.4 Å². The van der Waals surface area contributed by atoms with Crippen molar-refractivity contribution in [1.29, 1.82) is 0 Å². The van der Waals surface area contributed by atoms with Crippen LogP contribution in [0.4, 0.5) is 5.69 Å². The fourth-order valence-corrected chi connectivity index (χ4v) is 3.45. The average molecular weight is 392 g/mol. The normalized spacial score (nSPS) is 10.5. The number of ketones is 1. The summed E-state index contributed by atoms with van der Waals surface area (Å²) < 4.78 is 1.92. The highest BCUT2D eigenvalue weighted by Gasteiger charge is 2.15. The van der Waals surface area contributed by atoms with Gasteiger partial charge in [0, 0.05) is 17.7 Å². The number of thioether (sulfide) groups is 1. The molecule has 1 N–H and O–H groups in total. The van der Waals surface area contributed by atoms with Crippen LogP contribution in [-0.4, -0.2) is 32.2 Å². The number of amides is 1. The van der Waals surface area contributed by atoms with Gasteiger partial charge in [-0.3, -0.25) is 14.2 Å². The summed E-state index contributed by atoms with van der Waals surface area (Å²) in [7, 11) is 0. The van der Waals surface area contributed by atoms with E-state index in [1.54, 1.807) is 30.3 Å². The van der Waals surface area contributed by atoms with E-state index in [0.29, 0.717) is 23.0 Å². The van der Waals surface area contributed by atoms with E-state index in [-0.39, 0.29) is 17.4 Å². The molecule has 6 nitrogen and oxygen atoms in total. The number of Topliss-reactive ketones (excluding diaryl/α,β-unsaturated/α-hetero) is 1. The molecule has 0 radical (unpaired) electrons. The Morgan fingerprint density at radius 1 is 1.11 bits per heavy atom. The highest BCUT2D eigenvalue weighted by Crippen LogP contribution is 2.24. The Labute approximate surface area is 167 Å². The van der Waals surface area contributed by atoms with E-state index in [4.69, 9.17) is 0 Å². The molecule has 2 aromatic carbocycles. The third kappa shape index (κ3) is 4.55. The van der Waals surface area contributed by atoms with Crippen molar-refractivity contribution in [3.63, 3.8) is 0 Å². The summed E-state index contributed by atoms with van der Waals surface area (Å²) in [6.45, 7) is 5.80. The second-order valence-electron chi connectivity index (χ2n) is 6.01. The van der Waals surface area contributed by atoms with Crippen LogP contribution >= 0.6 is 11.8 Å². The zero-order chi connectivity index (χ0) is 19.9. The molecule has 0 unspecified atom stereocenters. The minimum absolute atomic E-state index is 0.0956. The van der Waals surface area contributed by atoms with Crippen molar-refractivity contribution in [2.75, 3.05) is 11.1 Å². The smallest absolute Gasteiger partial charge is 0.234 e. The van der Waals surface area contributed by atoms with Crippen LogP contribution in [0.15, 0.2) is 72.4 Å². The number of carbonyl (C=O) groups is 2. The van der Waals surface area contributed by atoms with Gasteiger partial charge in [-0.15, -0.1) is 16.8 Å². The molecule has 7 heteroatoms. The van der Waals surface area contributed by atoms with Gasteiger partial charge in [0.2, 0.25) is 5.91 Å². The molecule has 0 aliphatic rings. The standard InChI is InChI=1S/C21H20N4O2S/c1-3-13-25-20(16-9-5-4-6-10-16)23-24-21(25)28-14-19(27)22-18-12-8-7-11-17(18)15(2)26/h3-12H,1,13-14H2,2H3,(H,22,27). The SMILES string of the molecule is C=CCn1c(SCC(=O)Nc2ccccc2C(C)=O)nnc1-c1ccccc1. The molecule has 0 spiro atoms. The van der Waals surface area contributed by atoms with Crippen molar-refractivity contribution in [3.8, 4) is 11.4 Å². The van der Waals surface area contributed by atoms with E-state index in [2.05, 4.69) is 22.1 Å². The highest BCUT2D eigenvalue weighted by atomic mass is 32.2. The number of nitrogens with one attached hydrogen (secondary N) is 1. The van der Waals surface area contributed by atoms with Crippen molar-refractivity contribution in [1.82, 2.24) is 14.8 Å². The van der Waals surface area contributed by atoms with E-state index in [0.717, 1.165) is 11.4 Å². The Morgan fingerprint density at radius 2 is 1.82 bits per heavy atom. The zero-order valence-corrected chi connectivity index (χ0v) is 16.3. The van der Waals surface area contributed by atoms with Gasteiger partial charge in [0.05, 0.1) is 11.4 Å². The van der Waals surface area contributed by atoms with Gasteiger partial charge < -0.3 is 5.32 Å². The maximum absolute atomic E-state index is 12.4. The molecule has 1 aromatic heterocycles. The molecule has 3 rings (SSSR count). The third-order valence-electron chi connectivity index (χ3n) is 3.97. The van der Waals surface area contributed by atoms with Crippen LogP contribution in [0.5, 0.6) is 0 Å². The summed E-state index contributed by atoms with van der Waals surface area (Å²) in [6, 6.07) is 16.7. The van der Waals surface area contributed by atoms with Crippen LogP contribution < -0.4 is 5.32 Å². The zero-order valence-electron chi connectivity index (χ0n) is 15.5. The summed E-state index contributed by atoms with van der Waals surface area (Å²) in [5.74, 6) is 0.566. The number of allylic oxidation sites excluding steroid dienone is 1. The van der Waals surface area contributed by atoms with Crippen molar-refractivity contribution in [3.05, 3.63) is 72.8 Å². The van der Waals surface area contributed by atoms with Gasteiger partial charge in [-0.05, 0) is 19.1 Å². The number of hydrogen-bond acceptors (Lipinski definition) is 5. The first-order chi connectivity index (χ1) is 13.6. The van der Waals surface area contributed by atoms with Crippen molar-refractivity contribution in [2.45, 2.75) is 18.6 Å². The van der Waals surface area contributed by atoms with Crippen LogP contribution in [0, 0.1) is 0 Å². The maximum atomic E-state index is 12.4. The van der Waals surface area contributed by atoms with Crippen LogP contribution in [0.3, 0.4) is 0 Å². The number of para-hydroxylation sites is 1. The minimum atomic E-state index is -0.215. The quantitative estimate of drug-likeness (QED) is 0.355. The summed E-state index contributed by atoms with van der Waals surface area (Å²) in [5, 5.41) is 11.9. The lowest BCUT2D eigenvalue weighted by Gasteiger charge is -2.10. The third-order valence-corrected chi connectivity index (χ3v) is 4.94. The summed E-state index contributed by atoms with van der Waals surface area (Å²) >= 11 is 1.29. The first-order valence-corrected chi connectivity index (χ1v) is 9.71. The molecule has 0 atom stereocenters. The molecule has 0 saturated carbocycles. The topological polar surface area (TPSA) is 76.9 Å². The number of aromatic nitrogens is 3. The van der Waals surface area contributed by atoms with Crippen LogP contribution in [0.2, 0.25) is 0 Å². The van der Waals surface area contributed by atoms with Gasteiger partial charge in [-0.25, -0.2) is 0 Å². The fourth-order valence-electron chi connectivity index (χ4n) is 2.71. The van der Waals surface area contributed by atoms with E-state index < -0.39 is 0 Å². The number of anilines is 1. The largest absolute Gasteiger partial charge is 0.325 e. The van der Waals surface area contributed by atoms with E-state index in [9.17, 15) is 9.59 Å². The van der Waals surface area contributed by atoms with Gasteiger partial charge in [-0.1, -0.05) is 60.3 Å². The highest BCUT2D eigenvalue weighted by molar-refractivity contribution is 7.99. The van der Waals surface area contributed by atoms with Crippen molar-refractivity contribution in [2.24, 2.45) is 0 Å². The number of carbonyl (C=O) groups excluding carboxylic acids is 2. The predicted molar refractivity (Wildman–Crippen MR) is 111 cm³/mol. The summed E-state index contributed by atoms with van der Waals surface area (Å²) in [6.07, 6.45) is 1.77. The molecule has 0 saturated heterocycles. The second-order valence-corrected chi connectivity index (χ2v) is 6.95. The molecule has 1 amide bonds. The van der Waals surface area contributed by atoms with Crippen molar-refractivity contribution < 1.29 is 9.59 Å². The van der Waals surface area contributed by atoms with Gasteiger partial charge in [0.1, 0.15) is 0 Å². The number of rotatable bonds is 8. The van der Waals surface area contributed by atoms with Crippen LogP contribution in [0.1, 0.15) is 17.3 Å². The van der Waals surface area contributed by atoms with Gasteiger partial charge in [-0.2, -0.15) is 0 Å². The van der Waals surface area contributed by atoms with Crippen molar-refractivity contribution >= 4 is 29.1 Å². The lowest BCUT2D eigenvalue weighted by Crippen LogP contribution is -2.16. The minimum Gasteiger partial charge on any atom is -0.325 e. The van der Waals surface area contributed by atoms with Gasteiger partial charge in [0.15, 0.2) is 16.8 Å². The molecule has 0 fully saturated rings. The molecular weight excluding hydrogens is 372 g/mol. The Morgan fingerprint density at radius 3 is 2.54 bits per heavy atom. The first kappa shape index (κ1) is 19.6. The number of hydrogen-bond donors (Lipinski definition) is 1. The maximum Gasteiger partial charge on any atom is 0.234 e. The molecular formula is C21H20N4O2S. The lowest BCUT2D eigenvalue weighted by molar-refractivity contribution is -0.113. The summed E-state index contributed by atoms with van der Waals surface area (Å²) in [4.78, 5) is 24.1. The number of nitrogens with zero attached hydrogens (tertiary/aromatic N) is 3. The Kier molecular flexibility index (Phi) is 6.39. The second kappa shape index (κ2) is 9.14. The Balaban J connectivity index is 1.73. The van der Waals surface area contributed by atoms with E-state index in [1.165, 1.54) is 18.7 Å². The molecule has 3 aromatic rings. The van der Waals surface area contributed by atoms with Gasteiger partial charge in [0.25, 0.3) is 0 Å². The van der Waals surface area contributed by atoms with Gasteiger partial charge >= 0.3 is 0 Å². The molecule has 1 heterocycles. The van der Waals surface area contributed by atoms with E-state index >= 15 is 0 Å². The molecule has 0 aliphatic heterocycles. The van der Waals surface area contributed by atoms with Crippen LogP contribution in [-0.2, 0) is 11.3 Å². The first-order valence-electron chi connectivity index (χ1n) is 8.72. The summed E-state index contributed by atoms with van der Waals surface area (Å²) in [5.41, 5.74) is 1.95. The fraction of sp³-hybridized carbons (Fsp3) is 0.143. The monoisotopic (exact) mass is 392 g/mol. The molecule has 0 bridgehead atoms. The molecule has 28 heavy (non-hydrogen) atoms.